The summed E-state index contributed by atoms with van der Waals surface area (Å²) in [6.45, 7) is 4.30. The maximum absolute atomic E-state index is 12.2. The molecule has 2 aromatic rings. The zero-order valence-electron chi connectivity index (χ0n) is 11.4. The molecule has 0 aliphatic heterocycles. The minimum atomic E-state index is -0.440. The summed E-state index contributed by atoms with van der Waals surface area (Å²) in [6.07, 6.45) is 0. The molecule has 1 aromatic heterocycles. The van der Waals surface area contributed by atoms with Gasteiger partial charge in [0.05, 0.1) is 5.54 Å². The fraction of sp³-hybridized carbons (Fsp3) is 0.286. The molecule has 1 amide bonds. The minimum absolute atomic E-state index is 0. The minimum Gasteiger partial charge on any atom is -0.342 e. The lowest BCUT2D eigenvalue weighted by molar-refractivity contribution is 0.0907. The van der Waals surface area contributed by atoms with Crippen molar-refractivity contribution in [1.82, 2.24) is 10.3 Å². The van der Waals surface area contributed by atoms with Gasteiger partial charge in [-0.15, -0.1) is 23.7 Å². The number of benzene rings is 1. The van der Waals surface area contributed by atoms with Crippen LogP contribution in [-0.2, 0) is 12.1 Å². The number of nitrogens with zero attached hydrogens (tertiary/aromatic N) is 1. The molecule has 0 radical (unpaired) electrons. The second-order valence-electron chi connectivity index (χ2n) is 4.78. The maximum Gasteiger partial charge on any atom is 0.271 e. The van der Waals surface area contributed by atoms with E-state index in [0.717, 1.165) is 10.6 Å². The molecule has 4 nitrogen and oxygen atoms in total. The fourth-order valence-electron chi connectivity index (χ4n) is 1.78. The number of rotatable bonds is 4. The number of amides is 1. The second-order valence-corrected chi connectivity index (χ2v) is 5.72. The Hall–Kier alpha value is -1.43. The van der Waals surface area contributed by atoms with Crippen molar-refractivity contribution in [2.75, 3.05) is 0 Å². The summed E-state index contributed by atoms with van der Waals surface area (Å²) in [5.41, 5.74) is 6.54. The Labute approximate surface area is 128 Å². The Bertz CT molecular complexity index is 569. The van der Waals surface area contributed by atoms with E-state index in [-0.39, 0.29) is 18.3 Å². The summed E-state index contributed by atoms with van der Waals surface area (Å²) in [5.74, 6) is -0.176. The number of thiazole rings is 1. The molecule has 0 bridgehead atoms. The Morgan fingerprint density at radius 1 is 1.35 bits per heavy atom. The lowest BCUT2D eigenvalue weighted by Crippen LogP contribution is -2.41. The van der Waals surface area contributed by atoms with E-state index < -0.39 is 5.54 Å². The van der Waals surface area contributed by atoms with Crippen LogP contribution in [0.1, 0.15) is 34.9 Å². The summed E-state index contributed by atoms with van der Waals surface area (Å²) in [6, 6.07) is 9.85. The van der Waals surface area contributed by atoms with E-state index >= 15 is 0 Å². The molecular weight excluding hydrogens is 294 g/mol. The molecule has 0 atom stereocenters. The van der Waals surface area contributed by atoms with Crippen molar-refractivity contribution in [3.63, 3.8) is 0 Å². The molecule has 0 aliphatic rings. The van der Waals surface area contributed by atoms with Crippen LogP contribution in [-0.4, -0.2) is 10.9 Å². The van der Waals surface area contributed by atoms with Crippen molar-refractivity contribution < 1.29 is 4.79 Å². The number of carbonyl (C=O) groups excluding carboxylic acids is 1. The third-order valence-corrected chi connectivity index (χ3v) is 3.75. The molecule has 20 heavy (non-hydrogen) atoms. The third-order valence-electron chi connectivity index (χ3n) is 2.88. The molecule has 6 heteroatoms. The number of halogens is 1. The van der Waals surface area contributed by atoms with Crippen molar-refractivity contribution in [2.45, 2.75) is 25.9 Å². The van der Waals surface area contributed by atoms with E-state index in [1.54, 1.807) is 5.38 Å². The van der Waals surface area contributed by atoms with Gasteiger partial charge in [0.1, 0.15) is 10.7 Å². The van der Waals surface area contributed by atoms with Crippen LogP contribution in [0.25, 0.3) is 0 Å². The number of nitrogens with one attached hydrogen (secondary N) is 1. The van der Waals surface area contributed by atoms with Gasteiger partial charge in [-0.3, -0.25) is 4.79 Å². The molecule has 0 saturated carbocycles. The Balaban J connectivity index is 0.00000200. The van der Waals surface area contributed by atoms with Gasteiger partial charge in [-0.1, -0.05) is 30.3 Å². The molecule has 3 N–H and O–H groups in total. The Morgan fingerprint density at radius 3 is 2.55 bits per heavy atom. The number of aromatic nitrogens is 1. The highest BCUT2D eigenvalue weighted by Gasteiger charge is 2.24. The lowest BCUT2D eigenvalue weighted by atomic mass is 9.94. The highest BCUT2D eigenvalue weighted by atomic mass is 35.5. The van der Waals surface area contributed by atoms with Crippen molar-refractivity contribution in [3.05, 3.63) is 52.0 Å². The van der Waals surface area contributed by atoms with Crippen molar-refractivity contribution in [1.29, 1.82) is 0 Å². The molecule has 2 rings (SSSR count). The Morgan fingerprint density at radius 2 is 2.00 bits per heavy atom. The van der Waals surface area contributed by atoms with Crippen molar-refractivity contribution in [3.8, 4) is 0 Å². The van der Waals surface area contributed by atoms with Crippen LogP contribution in [0.5, 0.6) is 0 Å². The van der Waals surface area contributed by atoms with Gasteiger partial charge in [-0.25, -0.2) is 4.98 Å². The summed E-state index contributed by atoms with van der Waals surface area (Å²) >= 11 is 1.40. The quantitative estimate of drug-likeness (QED) is 0.912. The predicted octanol–water partition coefficient (Wildman–Crippen LogP) is 2.69. The van der Waals surface area contributed by atoms with E-state index in [1.165, 1.54) is 11.3 Å². The highest BCUT2D eigenvalue weighted by molar-refractivity contribution is 7.09. The van der Waals surface area contributed by atoms with Crippen LogP contribution in [0.2, 0.25) is 0 Å². The van der Waals surface area contributed by atoms with Gasteiger partial charge in [0.2, 0.25) is 0 Å². The average molecular weight is 312 g/mol. The molecule has 0 saturated heterocycles. The first-order valence-electron chi connectivity index (χ1n) is 6.05. The molecule has 1 heterocycles. The van der Waals surface area contributed by atoms with Gasteiger partial charge in [-0.05, 0) is 19.4 Å². The first-order chi connectivity index (χ1) is 9.03. The normalized spacial score (nSPS) is 10.8. The standard InChI is InChI=1S/C14H17N3OS.ClH/c1-14(2,10-6-4-3-5-7-10)17-13(18)11-9-19-12(8-15)16-11;/h3-7,9H,8,15H2,1-2H3,(H,17,18);1H. The van der Waals surface area contributed by atoms with E-state index in [9.17, 15) is 4.79 Å². The van der Waals surface area contributed by atoms with Gasteiger partial charge >= 0.3 is 0 Å². The van der Waals surface area contributed by atoms with Gasteiger partial charge in [0.25, 0.3) is 5.91 Å². The first-order valence-corrected chi connectivity index (χ1v) is 6.93. The topological polar surface area (TPSA) is 68.0 Å². The summed E-state index contributed by atoms with van der Waals surface area (Å²) in [5, 5.41) is 5.49. The zero-order valence-corrected chi connectivity index (χ0v) is 13.1. The summed E-state index contributed by atoms with van der Waals surface area (Å²) in [4.78, 5) is 16.3. The number of hydrogen-bond donors (Lipinski definition) is 2. The van der Waals surface area contributed by atoms with Crippen molar-refractivity contribution >= 4 is 29.7 Å². The second kappa shape index (κ2) is 6.83. The highest BCUT2D eigenvalue weighted by Crippen LogP contribution is 2.20. The largest absolute Gasteiger partial charge is 0.342 e. The van der Waals surface area contributed by atoms with Crippen LogP contribution in [0.4, 0.5) is 0 Å². The van der Waals surface area contributed by atoms with E-state index in [4.69, 9.17) is 5.73 Å². The van der Waals surface area contributed by atoms with Crippen LogP contribution in [0.3, 0.4) is 0 Å². The number of carbonyl (C=O) groups is 1. The molecule has 0 aliphatic carbocycles. The average Bonchev–Trinajstić information content (AvgIpc) is 2.88. The number of nitrogens with two attached hydrogens (primary N) is 1. The van der Waals surface area contributed by atoms with E-state index in [1.807, 2.05) is 44.2 Å². The van der Waals surface area contributed by atoms with Crippen LogP contribution < -0.4 is 11.1 Å². The zero-order chi connectivity index (χ0) is 13.9. The molecule has 0 spiro atoms. The fourth-order valence-corrected chi connectivity index (χ4v) is 2.44. The van der Waals surface area contributed by atoms with Gasteiger partial charge in [-0.2, -0.15) is 0 Å². The SMILES string of the molecule is CC(C)(NC(=O)c1csc(CN)n1)c1ccccc1.Cl. The predicted molar refractivity (Wildman–Crippen MR) is 84.2 cm³/mol. The van der Waals surface area contributed by atoms with Crippen molar-refractivity contribution in [2.24, 2.45) is 5.73 Å². The first kappa shape index (κ1) is 16.6. The van der Waals surface area contributed by atoms with Crippen LogP contribution in [0, 0.1) is 0 Å². The summed E-state index contributed by atoms with van der Waals surface area (Å²) in [7, 11) is 0. The smallest absolute Gasteiger partial charge is 0.271 e. The monoisotopic (exact) mass is 311 g/mol. The number of hydrogen-bond acceptors (Lipinski definition) is 4. The van der Waals surface area contributed by atoms with Gasteiger partial charge < -0.3 is 11.1 Å². The van der Waals surface area contributed by atoms with E-state index in [2.05, 4.69) is 10.3 Å². The lowest BCUT2D eigenvalue weighted by Gasteiger charge is -2.26. The Kier molecular flexibility index (Phi) is 5.68. The van der Waals surface area contributed by atoms with E-state index in [0.29, 0.717) is 12.2 Å². The van der Waals surface area contributed by atoms with Crippen LogP contribution in [0.15, 0.2) is 35.7 Å². The maximum atomic E-state index is 12.2. The summed E-state index contributed by atoms with van der Waals surface area (Å²) < 4.78 is 0. The molecule has 1 aromatic carbocycles. The molecule has 0 fully saturated rings. The third kappa shape index (κ3) is 3.79. The molecule has 108 valence electrons. The molecule has 0 unspecified atom stereocenters. The van der Waals surface area contributed by atoms with Gasteiger partial charge in [0.15, 0.2) is 0 Å². The molecular formula is C14H18ClN3OS. The van der Waals surface area contributed by atoms with Gasteiger partial charge in [0, 0.05) is 11.9 Å². The van der Waals surface area contributed by atoms with Crippen LogP contribution >= 0.6 is 23.7 Å².